The van der Waals surface area contributed by atoms with E-state index >= 15 is 0 Å². The van der Waals surface area contributed by atoms with Crippen LogP contribution >= 0.6 is 0 Å². The van der Waals surface area contributed by atoms with Crippen LogP contribution in [0.1, 0.15) is 71.8 Å². The van der Waals surface area contributed by atoms with Gasteiger partial charge in [-0.15, -0.1) is 0 Å². The van der Waals surface area contributed by atoms with Gasteiger partial charge in [-0.25, -0.2) is 13.1 Å². The van der Waals surface area contributed by atoms with Crippen LogP contribution < -0.4 is 4.72 Å². The van der Waals surface area contributed by atoms with Crippen LogP contribution in [0.4, 0.5) is 5.69 Å². The quantitative estimate of drug-likeness (QED) is 0.734. The second-order valence-corrected chi connectivity index (χ2v) is 11.1. The Bertz CT molecular complexity index is 1280. The first-order chi connectivity index (χ1) is 15.5. The van der Waals surface area contributed by atoms with Crippen LogP contribution in [0.2, 0.25) is 0 Å². The second kappa shape index (κ2) is 8.44. The van der Waals surface area contributed by atoms with E-state index in [2.05, 4.69) is 16.7 Å². The molecule has 2 aliphatic heterocycles. The molecule has 0 unspecified atom stereocenters. The summed E-state index contributed by atoms with van der Waals surface area (Å²) in [5.74, 6) is -0.232. The molecule has 8 nitrogen and oxygen atoms in total. The van der Waals surface area contributed by atoms with Crippen molar-refractivity contribution < 1.29 is 18.0 Å². The summed E-state index contributed by atoms with van der Waals surface area (Å²) in [6.07, 6.45) is 3.50. The fourth-order valence-corrected chi connectivity index (χ4v) is 5.36. The number of piperidine rings is 1. The lowest BCUT2D eigenvalue weighted by atomic mass is 9.87. The molecule has 1 aromatic heterocycles. The van der Waals surface area contributed by atoms with Crippen molar-refractivity contribution in [3.63, 3.8) is 0 Å². The largest absolute Gasteiger partial charge is 0.330 e. The number of carbonyl (C=O) groups excluding carboxylic acids is 2. The minimum absolute atomic E-state index is 0.125. The summed E-state index contributed by atoms with van der Waals surface area (Å²) in [5.41, 5.74) is 4.70. The monoisotopic (exact) mass is 470 g/mol. The van der Waals surface area contributed by atoms with Gasteiger partial charge in [0.2, 0.25) is 10.0 Å². The summed E-state index contributed by atoms with van der Waals surface area (Å²) in [7, 11) is -3.55. The number of allylic oxidation sites excluding steroid dienone is 2. The Kier molecular flexibility index (Phi) is 5.94. The molecular weight excluding hydrogens is 440 g/mol. The van der Waals surface area contributed by atoms with Gasteiger partial charge in [0, 0.05) is 18.5 Å². The highest BCUT2D eigenvalue weighted by Gasteiger charge is 2.37. The maximum absolute atomic E-state index is 13.8. The number of aromatic nitrogens is 2. The number of aryl methyl sites for hydroxylation is 1. The second-order valence-electron chi connectivity index (χ2n) is 9.35. The Labute approximate surface area is 194 Å². The van der Waals surface area contributed by atoms with E-state index in [4.69, 9.17) is 0 Å². The maximum Gasteiger partial charge on any atom is 0.274 e. The maximum atomic E-state index is 13.8. The zero-order chi connectivity index (χ0) is 24.1. The van der Waals surface area contributed by atoms with Crippen molar-refractivity contribution >= 4 is 27.5 Å². The SMILES string of the molecule is CC1=C(C)C(=O)n2nc([C@H]3[C@@H](C)CCCN3C(=O)c3cc(C)ccc3NS(C)(=O)=O)cc2C1. The van der Waals surface area contributed by atoms with Crippen molar-refractivity contribution in [1.82, 2.24) is 14.7 Å². The van der Waals surface area contributed by atoms with Crippen LogP contribution in [-0.4, -0.2) is 47.7 Å². The Morgan fingerprint density at radius 1 is 1.18 bits per heavy atom. The number of benzene rings is 1. The van der Waals surface area contributed by atoms with Crippen molar-refractivity contribution in [2.75, 3.05) is 17.5 Å². The van der Waals surface area contributed by atoms with Crippen molar-refractivity contribution in [3.8, 4) is 0 Å². The molecule has 176 valence electrons. The Morgan fingerprint density at radius 2 is 1.91 bits per heavy atom. The molecule has 2 aliphatic rings. The first-order valence-electron chi connectivity index (χ1n) is 11.2. The van der Waals surface area contributed by atoms with Crippen molar-refractivity contribution in [2.24, 2.45) is 5.92 Å². The molecular formula is C24H30N4O4S. The number of likely N-dealkylation sites (tertiary alicyclic amines) is 1. The van der Waals surface area contributed by atoms with E-state index in [1.807, 2.05) is 26.8 Å². The molecule has 1 amide bonds. The van der Waals surface area contributed by atoms with E-state index in [0.717, 1.165) is 35.9 Å². The van der Waals surface area contributed by atoms with Gasteiger partial charge in [0.15, 0.2) is 0 Å². The Balaban J connectivity index is 1.74. The lowest BCUT2D eigenvalue weighted by molar-refractivity contribution is 0.0505. The van der Waals surface area contributed by atoms with E-state index in [9.17, 15) is 18.0 Å². The Morgan fingerprint density at radius 3 is 2.61 bits per heavy atom. The molecule has 1 aromatic carbocycles. The van der Waals surface area contributed by atoms with Gasteiger partial charge >= 0.3 is 0 Å². The first kappa shape index (κ1) is 23.2. The highest BCUT2D eigenvalue weighted by atomic mass is 32.2. The molecule has 2 aromatic rings. The molecule has 0 aliphatic carbocycles. The zero-order valence-corrected chi connectivity index (χ0v) is 20.5. The Hall–Kier alpha value is -2.94. The van der Waals surface area contributed by atoms with Crippen LogP contribution in [0.3, 0.4) is 0 Å². The van der Waals surface area contributed by atoms with Crippen LogP contribution in [0.15, 0.2) is 35.4 Å². The standard InChI is InChI=1S/C24H30N4O4S/c1-14-8-9-20(26-33(5,31)32)19(11-14)24(30)27-10-6-7-15(2)22(27)21-13-18-12-16(3)17(4)23(29)28(18)25-21/h8-9,11,13,15,22,26H,6-7,10,12H2,1-5H3/t15-,22+/m0/s1. The van der Waals surface area contributed by atoms with Gasteiger partial charge in [-0.2, -0.15) is 5.10 Å². The molecule has 0 spiro atoms. The van der Waals surface area contributed by atoms with E-state index in [0.29, 0.717) is 29.8 Å². The van der Waals surface area contributed by atoms with Gasteiger partial charge in [-0.3, -0.25) is 14.3 Å². The number of hydrogen-bond donors (Lipinski definition) is 1. The molecule has 9 heteroatoms. The topological polar surface area (TPSA) is 101 Å². The van der Waals surface area contributed by atoms with E-state index < -0.39 is 10.0 Å². The van der Waals surface area contributed by atoms with E-state index in [1.54, 1.807) is 23.1 Å². The van der Waals surface area contributed by atoms with Crippen LogP contribution in [0, 0.1) is 12.8 Å². The summed E-state index contributed by atoms with van der Waals surface area (Å²) in [6, 6.07) is 6.74. The molecule has 0 radical (unpaired) electrons. The molecule has 0 bridgehead atoms. The fourth-order valence-electron chi connectivity index (χ4n) is 4.78. The van der Waals surface area contributed by atoms with Gasteiger partial charge in [0.05, 0.1) is 34.9 Å². The number of sulfonamides is 1. The first-order valence-corrected chi connectivity index (χ1v) is 13.0. The molecule has 33 heavy (non-hydrogen) atoms. The van der Waals surface area contributed by atoms with Crippen LogP contribution in [0.25, 0.3) is 0 Å². The predicted octanol–water partition coefficient (Wildman–Crippen LogP) is 3.71. The number of fused-ring (bicyclic) bond motifs is 1. The minimum atomic E-state index is -3.55. The fraction of sp³-hybridized carbons (Fsp3) is 0.458. The molecule has 0 saturated carbocycles. The van der Waals surface area contributed by atoms with Gasteiger partial charge in [0.25, 0.3) is 11.8 Å². The number of carbonyl (C=O) groups is 2. The highest BCUT2D eigenvalue weighted by Crippen LogP contribution is 2.38. The summed E-state index contributed by atoms with van der Waals surface area (Å²) >= 11 is 0. The molecule has 3 heterocycles. The summed E-state index contributed by atoms with van der Waals surface area (Å²) in [4.78, 5) is 28.3. The molecule has 2 atom stereocenters. The highest BCUT2D eigenvalue weighted by molar-refractivity contribution is 7.92. The van der Waals surface area contributed by atoms with Crippen molar-refractivity contribution in [3.05, 3.63) is 57.9 Å². The number of amides is 1. The smallest absolute Gasteiger partial charge is 0.274 e. The molecule has 1 N–H and O–H groups in total. The van der Waals surface area contributed by atoms with Gasteiger partial charge in [-0.1, -0.05) is 24.1 Å². The van der Waals surface area contributed by atoms with Crippen molar-refractivity contribution in [2.45, 2.75) is 53.0 Å². The number of hydrogen-bond acceptors (Lipinski definition) is 5. The number of nitrogens with zero attached hydrogens (tertiary/aromatic N) is 3. The number of anilines is 1. The van der Waals surface area contributed by atoms with Gasteiger partial charge in [-0.05, 0) is 57.7 Å². The summed E-state index contributed by atoms with van der Waals surface area (Å²) in [5, 5.41) is 4.64. The van der Waals surface area contributed by atoms with E-state index in [-0.39, 0.29) is 29.5 Å². The van der Waals surface area contributed by atoms with Crippen molar-refractivity contribution in [1.29, 1.82) is 0 Å². The van der Waals surface area contributed by atoms with Crippen LogP contribution in [-0.2, 0) is 16.4 Å². The zero-order valence-electron chi connectivity index (χ0n) is 19.7. The third kappa shape index (κ3) is 4.46. The lowest BCUT2D eigenvalue weighted by Gasteiger charge is -2.39. The van der Waals surface area contributed by atoms with Gasteiger partial charge < -0.3 is 4.90 Å². The third-order valence-electron chi connectivity index (χ3n) is 6.60. The molecule has 1 saturated heterocycles. The number of nitrogens with one attached hydrogen (secondary N) is 1. The lowest BCUT2D eigenvalue weighted by Crippen LogP contribution is -2.42. The number of rotatable bonds is 4. The normalized spacial score (nSPS) is 21.2. The predicted molar refractivity (Wildman–Crippen MR) is 127 cm³/mol. The van der Waals surface area contributed by atoms with E-state index in [1.165, 1.54) is 4.68 Å². The summed E-state index contributed by atoms with van der Waals surface area (Å²) in [6.45, 7) is 8.26. The molecule has 4 rings (SSSR count). The third-order valence-corrected chi connectivity index (χ3v) is 7.19. The van der Waals surface area contributed by atoms with Gasteiger partial charge in [0.1, 0.15) is 0 Å². The minimum Gasteiger partial charge on any atom is -0.330 e. The average molecular weight is 471 g/mol. The molecule has 1 fully saturated rings. The summed E-state index contributed by atoms with van der Waals surface area (Å²) < 4.78 is 27.7. The average Bonchev–Trinajstić information content (AvgIpc) is 3.15. The van der Waals surface area contributed by atoms with Crippen LogP contribution in [0.5, 0.6) is 0 Å².